The smallest absolute Gasteiger partial charge is 0.234 e. The van der Waals surface area contributed by atoms with E-state index in [0.717, 1.165) is 0 Å². The number of hydrogen-bond acceptors (Lipinski definition) is 2. The summed E-state index contributed by atoms with van der Waals surface area (Å²) in [5, 5.41) is 3.24. The normalized spacial score (nSPS) is 15.3. The van der Waals surface area contributed by atoms with Crippen LogP contribution in [0.5, 0.6) is 0 Å². The third-order valence-corrected chi connectivity index (χ3v) is 3.53. The van der Waals surface area contributed by atoms with Crippen LogP contribution in [-0.2, 0) is 10.2 Å². The molecule has 0 saturated carbocycles. The molecule has 0 saturated heterocycles. The molecule has 0 aliphatic carbocycles. The van der Waals surface area contributed by atoms with Gasteiger partial charge in [-0.2, -0.15) is 0 Å². The van der Waals surface area contributed by atoms with Gasteiger partial charge in [-0.1, -0.05) is 44.2 Å². The maximum Gasteiger partial charge on any atom is 0.234 e. The lowest BCUT2D eigenvalue weighted by Gasteiger charge is -2.34. The predicted molar refractivity (Wildman–Crippen MR) is 70.7 cm³/mol. The monoisotopic (exact) mass is 234 g/mol. The maximum absolute atomic E-state index is 11.1. The van der Waals surface area contributed by atoms with E-state index in [4.69, 9.17) is 5.73 Å². The second-order valence-electron chi connectivity index (χ2n) is 5.10. The second-order valence-corrected chi connectivity index (χ2v) is 5.10. The molecular weight excluding hydrogens is 212 g/mol. The topological polar surface area (TPSA) is 55.1 Å². The van der Waals surface area contributed by atoms with Gasteiger partial charge in [0.15, 0.2) is 0 Å². The molecule has 1 aromatic carbocycles. The van der Waals surface area contributed by atoms with Crippen LogP contribution in [0.3, 0.4) is 0 Å². The first-order chi connectivity index (χ1) is 7.85. The van der Waals surface area contributed by atoms with Crippen LogP contribution in [0.1, 0.15) is 33.3 Å². The number of amides is 1. The Kier molecular flexibility index (Phi) is 4.29. The van der Waals surface area contributed by atoms with Crippen molar-refractivity contribution in [1.29, 1.82) is 0 Å². The number of rotatable bonds is 5. The third kappa shape index (κ3) is 3.30. The molecule has 0 bridgehead atoms. The highest BCUT2D eigenvalue weighted by Gasteiger charge is 2.29. The van der Waals surface area contributed by atoms with Gasteiger partial charge < -0.3 is 11.1 Å². The third-order valence-electron chi connectivity index (χ3n) is 3.53. The number of hydrogen-bond donors (Lipinski definition) is 2. The molecule has 0 heterocycles. The lowest BCUT2D eigenvalue weighted by molar-refractivity contribution is -0.119. The van der Waals surface area contributed by atoms with Gasteiger partial charge in [0, 0.05) is 11.5 Å². The molecule has 3 heteroatoms. The molecule has 0 fully saturated rings. The average molecular weight is 234 g/mol. The first-order valence-corrected chi connectivity index (χ1v) is 5.96. The van der Waals surface area contributed by atoms with Gasteiger partial charge in [-0.25, -0.2) is 0 Å². The minimum absolute atomic E-state index is 0.0506. The molecule has 94 valence electrons. The van der Waals surface area contributed by atoms with Crippen LogP contribution < -0.4 is 11.1 Å². The van der Waals surface area contributed by atoms with E-state index in [1.165, 1.54) is 5.56 Å². The lowest BCUT2D eigenvalue weighted by atomic mass is 9.78. The van der Waals surface area contributed by atoms with Crippen LogP contribution >= 0.6 is 0 Å². The van der Waals surface area contributed by atoms with Gasteiger partial charge in [0.2, 0.25) is 5.91 Å². The first kappa shape index (κ1) is 13.7. The Morgan fingerprint density at radius 1 is 1.24 bits per heavy atom. The van der Waals surface area contributed by atoms with Crippen LogP contribution in [-0.4, -0.2) is 18.0 Å². The zero-order valence-corrected chi connectivity index (χ0v) is 11.0. The molecule has 0 unspecified atom stereocenters. The van der Waals surface area contributed by atoms with E-state index >= 15 is 0 Å². The fourth-order valence-electron chi connectivity index (χ4n) is 1.78. The van der Waals surface area contributed by atoms with Crippen molar-refractivity contribution in [1.82, 2.24) is 5.32 Å². The van der Waals surface area contributed by atoms with E-state index in [-0.39, 0.29) is 23.4 Å². The van der Waals surface area contributed by atoms with Crippen molar-refractivity contribution in [3.63, 3.8) is 0 Å². The summed E-state index contributed by atoms with van der Waals surface area (Å²) in [6.07, 6.45) is 0. The number of carbonyl (C=O) groups excluding carboxylic acids is 1. The highest BCUT2D eigenvalue weighted by molar-refractivity contribution is 5.79. The zero-order chi connectivity index (χ0) is 13.1. The average Bonchev–Trinajstić information content (AvgIpc) is 2.29. The summed E-state index contributed by atoms with van der Waals surface area (Å²) < 4.78 is 0. The Morgan fingerprint density at radius 2 is 1.76 bits per heavy atom. The van der Waals surface area contributed by atoms with Crippen LogP contribution in [0.15, 0.2) is 30.3 Å². The van der Waals surface area contributed by atoms with E-state index in [0.29, 0.717) is 0 Å². The van der Waals surface area contributed by atoms with Crippen LogP contribution in [0.25, 0.3) is 0 Å². The fourth-order valence-corrected chi connectivity index (χ4v) is 1.78. The molecule has 1 amide bonds. The number of benzene rings is 1. The Hall–Kier alpha value is -1.35. The van der Waals surface area contributed by atoms with E-state index < -0.39 is 0 Å². The number of carbonyl (C=O) groups is 1. The number of primary amides is 1. The molecule has 0 radical (unpaired) electrons. The van der Waals surface area contributed by atoms with Gasteiger partial charge in [0.05, 0.1) is 6.04 Å². The van der Waals surface area contributed by atoms with Crippen LogP contribution in [0.4, 0.5) is 0 Å². The molecular formula is C14H22N2O. The summed E-state index contributed by atoms with van der Waals surface area (Å²) in [6, 6.07) is 10.1. The van der Waals surface area contributed by atoms with Gasteiger partial charge in [0.1, 0.15) is 0 Å². The molecule has 3 N–H and O–H groups in total. The molecule has 0 spiro atoms. The molecule has 1 rings (SSSR count). The van der Waals surface area contributed by atoms with Crippen molar-refractivity contribution < 1.29 is 4.79 Å². The van der Waals surface area contributed by atoms with Crippen LogP contribution in [0.2, 0.25) is 0 Å². The molecule has 17 heavy (non-hydrogen) atoms. The Balaban J connectivity index is 2.80. The van der Waals surface area contributed by atoms with Crippen molar-refractivity contribution >= 4 is 5.91 Å². The van der Waals surface area contributed by atoms with E-state index in [9.17, 15) is 4.79 Å². The lowest BCUT2D eigenvalue weighted by Crippen LogP contribution is -2.50. The van der Waals surface area contributed by atoms with Gasteiger partial charge in [0.25, 0.3) is 0 Å². The van der Waals surface area contributed by atoms with E-state index in [2.05, 4.69) is 38.2 Å². The molecule has 0 aliphatic rings. The summed E-state index contributed by atoms with van der Waals surface area (Å²) in [4.78, 5) is 11.1. The predicted octanol–water partition coefficient (Wildman–Crippen LogP) is 1.82. The minimum Gasteiger partial charge on any atom is -0.368 e. The van der Waals surface area contributed by atoms with Crippen molar-refractivity contribution in [2.24, 2.45) is 5.73 Å². The van der Waals surface area contributed by atoms with Crippen LogP contribution in [0, 0.1) is 0 Å². The highest BCUT2D eigenvalue weighted by atomic mass is 16.1. The summed E-state index contributed by atoms with van der Waals surface area (Å²) in [7, 11) is 0. The molecule has 3 nitrogen and oxygen atoms in total. The highest BCUT2D eigenvalue weighted by Crippen LogP contribution is 2.26. The fraction of sp³-hybridized carbons (Fsp3) is 0.500. The van der Waals surface area contributed by atoms with Gasteiger partial charge >= 0.3 is 0 Å². The zero-order valence-electron chi connectivity index (χ0n) is 11.0. The van der Waals surface area contributed by atoms with Crippen molar-refractivity contribution in [3.05, 3.63) is 35.9 Å². The summed E-state index contributed by atoms with van der Waals surface area (Å²) in [6.45, 7) is 8.19. The largest absolute Gasteiger partial charge is 0.368 e. The quantitative estimate of drug-likeness (QED) is 0.816. The van der Waals surface area contributed by atoms with Crippen molar-refractivity contribution in [2.45, 2.75) is 45.2 Å². The van der Waals surface area contributed by atoms with Gasteiger partial charge in [-0.3, -0.25) is 4.79 Å². The summed E-state index contributed by atoms with van der Waals surface area (Å²) >= 11 is 0. The Morgan fingerprint density at radius 3 is 2.24 bits per heavy atom. The van der Waals surface area contributed by atoms with Crippen molar-refractivity contribution in [3.8, 4) is 0 Å². The SMILES string of the molecule is C[C@@H](N[C@H](C)C(C)(C)c1ccccc1)C(N)=O. The molecule has 1 aromatic rings. The van der Waals surface area contributed by atoms with Gasteiger partial charge in [-0.15, -0.1) is 0 Å². The Labute approximate surface area is 103 Å². The van der Waals surface area contributed by atoms with E-state index in [1.54, 1.807) is 6.92 Å². The second kappa shape index (κ2) is 5.32. The maximum atomic E-state index is 11.1. The molecule has 0 aromatic heterocycles. The summed E-state index contributed by atoms with van der Waals surface area (Å²) in [5.41, 5.74) is 6.46. The molecule has 0 aliphatic heterocycles. The minimum atomic E-state index is -0.319. The van der Waals surface area contributed by atoms with E-state index in [1.807, 2.05) is 18.2 Å². The summed E-state index contributed by atoms with van der Waals surface area (Å²) in [5.74, 6) is -0.319. The van der Waals surface area contributed by atoms with Gasteiger partial charge in [-0.05, 0) is 19.4 Å². The Bertz CT molecular complexity index is 373. The number of nitrogens with two attached hydrogens (primary N) is 1. The first-order valence-electron chi connectivity index (χ1n) is 5.96. The van der Waals surface area contributed by atoms with Crippen molar-refractivity contribution in [2.75, 3.05) is 0 Å². The number of nitrogens with one attached hydrogen (secondary N) is 1. The standard InChI is InChI=1S/C14H22N2O/c1-10(13(15)17)16-11(2)14(3,4)12-8-6-5-7-9-12/h5-11,16H,1-4H3,(H2,15,17)/t10-,11-/m1/s1. The molecule has 2 atom stereocenters.